The Morgan fingerprint density at radius 3 is 2.25 bits per heavy atom. The average molecular weight is 413 g/mol. The molecule has 2 aromatic carbocycles. The quantitative estimate of drug-likeness (QED) is 0.673. The van der Waals surface area contributed by atoms with Crippen molar-refractivity contribution in [1.29, 1.82) is 0 Å². The highest BCUT2D eigenvalue weighted by atomic mass is 32.2. The molecule has 0 aliphatic carbocycles. The summed E-state index contributed by atoms with van der Waals surface area (Å²) in [5, 5.41) is -0.478. The molecule has 1 amide bonds. The predicted molar refractivity (Wildman–Crippen MR) is 98.2 cm³/mol. The molecule has 3 rings (SSSR count). The van der Waals surface area contributed by atoms with Crippen molar-refractivity contribution >= 4 is 17.7 Å². The summed E-state index contributed by atoms with van der Waals surface area (Å²) in [4.78, 5) is 13.8. The van der Waals surface area contributed by atoms with Crippen LogP contribution in [0.4, 0.5) is 13.2 Å². The van der Waals surface area contributed by atoms with Gasteiger partial charge in [-0.15, -0.1) is 11.8 Å². The number of ether oxygens (including phenoxy) is 3. The second-order valence-electron chi connectivity index (χ2n) is 5.98. The number of halogens is 3. The van der Waals surface area contributed by atoms with Crippen LogP contribution in [0.1, 0.15) is 16.5 Å². The zero-order valence-corrected chi connectivity index (χ0v) is 16.2. The van der Waals surface area contributed by atoms with Crippen LogP contribution in [0.25, 0.3) is 0 Å². The van der Waals surface area contributed by atoms with Crippen LogP contribution >= 0.6 is 11.8 Å². The van der Waals surface area contributed by atoms with Crippen LogP contribution in [0.15, 0.2) is 24.3 Å². The van der Waals surface area contributed by atoms with E-state index >= 15 is 0 Å². The molecule has 0 saturated carbocycles. The fourth-order valence-corrected chi connectivity index (χ4v) is 4.18. The van der Waals surface area contributed by atoms with Crippen molar-refractivity contribution in [1.82, 2.24) is 4.90 Å². The maximum Gasteiger partial charge on any atom is 0.234 e. The van der Waals surface area contributed by atoms with Gasteiger partial charge in [0.1, 0.15) is 5.37 Å². The minimum atomic E-state index is -1.55. The number of carbonyl (C=O) groups excluding carboxylic acids is 1. The molecular formula is C19H18F3NO4S. The number of hydrogen-bond acceptors (Lipinski definition) is 5. The predicted octanol–water partition coefficient (Wildman–Crippen LogP) is 3.90. The lowest BCUT2D eigenvalue weighted by atomic mass is 10.1. The number of amides is 1. The zero-order valence-electron chi connectivity index (χ0n) is 15.4. The molecule has 0 radical (unpaired) electrons. The third-order valence-corrected chi connectivity index (χ3v) is 5.65. The first-order valence-electron chi connectivity index (χ1n) is 8.24. The van der Waals surface area contributed by atoms with Crippen molar-refractivity contribution in [3.8, 4) is 17.2 Å². The molecule has 150 valence electrons. The highest BCUT2D eigenvalue weighted by molar-refractivity contribution is 8.00. The van der Waals surface area contributed by atoms with Gasteiger partial charge in [-0.25, -0.2) is 13.2 Å². The van der Waals surface area contributed by atoms with Gasteiger partial charge in [0.2, 0.25) is 11.7 Å². The Labute approximate surface area is 164 Å². The topological polar surface area (TPSA) is 48.0 Å². The van der Waals surface area contributed by atoms with Gasteiger partial charge in [-0.2, -0.15) is 0 Å². The molecule has 0 bridgehead atoms. The van der Waals surface area contributed by atoms with E-state index in [1.54, 1.807) is 12.1 Å². The number of rotatable bonds is 6. The lowest BCUT2D eigenvalue weighted by Crippen LogP contribution is -2.28. The van der Waals surface area contributed by atoms with Crippen molar-refractivity contribution in [2.75, 3.05) is 27.1 Å². The Balaban J connectivity index is 1.98. The van der Waals surface area contributed by atoms with E-state index in [0.717, 1.165) is 12.1 Å². The molecular weight excluding hydrogens is 395 g/mol. The van der Waals surface area contributed by atoms with Crippen LogP contribution in [0.2, 0.25) is 0 Å². The molecule has 1 heterocycles. The summed E-state index contributed by atoms with van der Waals surface area (Å²) in [5.41, 5.74) is 0.570. The van der Waals surface area contributed by atoms with Crippen molar-refractivity contribution in [2.45, 2.75) is 11.9 Å². The molecule has 2 aromatic rings. The number of carbonyl (C=O) groups is 1. The molecule has 1 unspecified atom stereocenters. The van der Waals surface area contributed by atoms with E-state index in [-0.39, 0.29) is 23.8 Å². The molecule has 9 heteroatoms. The minimum absolute atomic E-state index is 0.104. The van der Waals surface area contributed by atoms with Crippen molar-refractivity contribution < 1.29 is 32.2 Å². The summed E-state index contributed by atoms with van der Waals surface area (Å²) in [7, 11) is 4.43. The first-order valence-corrected chi connectivity index (χ1v) is 9.29. The summed E-state index contributed by atoms with van der Waals surface area (Å²) >= 11 is 1.33. The summed E-state index contributed by atoms with van der Waals surface area (Å²) in [6.45, 7) is -0.198. The maximum absolute atomic E-state index is 14.1. The summed E-state index contributed by atoms with van der Waals surface area (Å²) in [6.07, 6.45) is 0. The third-order valence-electron chi connectivity index (χ3n) is 4.40. The number of nitrogens with zero attached hydrogens (tertiary/aromatic N) is 1. The normalized spacial score (nSPS) is 16.4. The first kappa shape index (κ1) is 20.2. The van der Waals surface area contributed by atoms with Crippen molar-refractivity contribution in [3.05, 3.63) is 52.8 Å². The molecule has 1 atom stereocenters. The monoisotopic (exact) mass is 413 g/mol. The van der Waals surface area contributed by atoms with Gasteiger partial charge < -0.3 is 19.1 Å². The lowest BCUT2D eigenvalue weighted by Gasteiger charge is -2.26. The number of benzene rings is 2. The van der Waals surface area contributed by atoms with Gasteiger partial charge in [0.15, 0.2) is 29.0 Å². The summed E-state index contributed by atoms with van der Waals surface area (Å²) in [5.74, 6) is -2.97. The van der Waals surface area contributed by atoms with Crippen molar-refractivity contribution in [3.63, 3.8) is 0 Å². The molecule has 0 spiro atoms. The molecule has 0 aromatic heterocycles. The van der Waals surface area contributed by atoms with Gasteiger partial charge in [-0.3, -0.25) is 4.79 Å². The summed E-state index contributed by atoms with van der Waals surface area (Å²) in [6, 6.07) is 5.38. The van der Waals surface area contributed by atoms with Gasteiger partial charge in [0.25, 0.3) is 0 Å². The molecule has 1 aliphatic heterocycles. The smallest absolute Gasteiger partial charge is 0.234 e. The molecule has 5 nitrogen and oxygen atoms in total. The van der Waals surface area contributed by atoms with Crippen LogP contribution in [-0.2, 0) is 11.3 Å². The Kier molecular flexibility index (Phi) is 5.93. The SMILES string of the molecule is COc1cc(C2SCC(=O)N2Cc2ccc(F)c(F)c2F)cc(OC)c1OC. The van der Waals surface area contributed by atoms with E-state index in [1.165, 1.54) is 38.0 Å². The van der Waals surface area contributed by atoms with E-state index in [4.69, 9.17) is 14.2 Å². The van der Waals surface area contributed by atoms with Crippen LogP contribution in [-0.4, -0.2) is 37.9 Å². The zero-order chi connectivity index (χ0) is 20.4. The lowest BCUT2D eigenvalue weighted by molar-refractivity contribution is -0.128. The number of hydrogen-bond donors (Lipinski definition) is 0. The van der Waals surface area contributed by atoms with Gasteiger partial charge >= 0.3 is 0 Å². The van der Waals surface area contributed by atoms with E-state index in [2.05, 4.69) is 0 Å². The second kappa shape index (κ2) is 8.22. The first-order chi connectivity index (χ1) is 13.4. The molecule has 1 aliphatic rings. The Hall–Kier alpha value is -2.55. The largest absolute Gasteiger partial charge is 0.493 e. The Morgan fingerprint density at radius 1 is 1.04 bits per heavy atom. The van der Waals surface area contributed by atoms with Crippen LogP contribution in [0.3, 0.4) is 0 Å². The van der Waals surface area contributed by atoms with Crippen LogP contribution < -0.4 is 14.2 Å². The van der Waals surface area contributed by atoms with E-state index in [9.17, 15) is 18.0 Å². The standard InChI is InChI=1S/C19H18F3NO4S/c1-25-13-6-11(7-14(26-2)18(13)27-3)19-23(15(24)9-28-19)8-10-4-5-12(20)17(22)16(10)21/h4-7,19H,8-9H2,1-3H3. The Bertz CT molecular complexity index is 884. The van der Waals surface area contributed by atoms with Crippen molar-refractivity contribution in [2.24, 2.45) is 0 Å². The fourth-order valence-electron chi connectivity index (χ4n) is 3.02. The highest BCUT2D eigenvalue weighted by Crippen LogP contribution is 2.46. The maximum atomic E-state index is 14.1. The summed E-state index contributed by atoms with van der Waals surface area (Å²) < 4.78 is 56.8. The van der Waals surface area contributed by atoms with Gasteiger partial charge in [0, 0.05) is 5.56 Å². The van der Waals surface area contributed by atoms with E-state index in [1.807, 2.05) is 0 Å². The highest BCUT2D eigenvalue weighted by Gasteiger charge is 2.35. The fraction of sp³-hybridized carbons (Fsp3) is 0.316. The van der Waals surface area contributed by atoms with E-state index in [0.29, 0.717) is 22.8 Å². The van der Waals surface area contributed by atoms with Gasteiger partial charge in [-0.05, 0) is 23.8 Å². The number of methoxy groups -OCH3 is 3. The van der Waals surface area contributed by atoms with Crippen LogP contribution in [0.5, 0.6) is 17.2 Å². The van der Waals surface area contributed by atoms with Gasteiger partial charge in [0.05, 0.1) is 33.6 Å². The van der Waals surface area contributed by atoms with Crippen LogP contribution in [0, 0.1) is 17.5 Å². The Morgan fingerprint density at radius 2 is 1.68 bits per heavy atom. The molecule has 0 N–H and O–H groups in total. The minimum Gasteiger partial charge on any atom is -0.493 e. The molecule has 1 fully saturated rings. The number of thioether (sulfide) groups is 1. The van der Waals surface area contributed by atoms with E-state index < -0.39 is 22.8 Å². The average Bonchev–Trinajstić information content (AvgIpc) is 3.07. The van der Waals surface area contributed by atoms with Gasteiger partial charge in [-0.1, -0.05) is 6.07 Å². The molecule has 1 saturated heterocycles. The third kappa shape index (κ3) is 3.58. The second-order valence-corrected chi connectivity index (χ2v) is 7.05. The molecule has 28 heavy (non-hydrogen) atoms.